The van der Waals surface area contributed by atoms with E-state index >= 15 is 0 Å². The number of hydrogen-bond donors (Lipinski definition) is 0. The molecule has 3 nitrogen and oxygen atoms in total. The van der Waals surface area contributed by atoms with Gasteiger partial charge in [-0.15, -0.1) is 0 Å². The Balaban J connectivity index is 2.07. The third-order valence-corrected chi connectivity index (χ3v) is 4.06. The van der Waals surface area contributed by atoms with Gasteiger partial charge in [0.25, 0.3) is 5.06 Å². The van der Waals surface area contributed by atoms with Gasteiger partial charge in [0.05, 0.1) is 7.11 Å². The van der Waals surface area contributed by atoms with Crippen LogP contribution in [0.15, 0.2) is 18.2 Å². The molecular weight excluding hydrogens is 247 g/mol. The molecule has 3 rings (SSSR count). The van der Waals surface area contributed by atoms with E-state index in [1.807, 2.05) is 0 Å². The Kier molecular flexibility index (Phi) is 2.07. The lowest BCUT2D eigenvalue weighted by Gasteiger charge is -2.09. The lowest BCUT2D eigenvalue weighted by atomic mass is 9.97. The van der Waals surface area contributed by atoms with Crippen molar-refractivity contribution < 1.29 is 18.7 Å². The normalized spacial score (nSPS) is 33.6. The van der Waals surface area contributed by atoms with Gasteiger partial charge < -0.3 is 9.47 Å². The topological polar surface area (TPSA) is 38.8 Å². The van der Waals surface area contributed by atoms with Crippen LogP contribution in [-0.4, -0.2) is 18.1 Å². The standard InChI is InChI=1S/C12H10ClFO3/c1-16-10(15)12(13)11(17-12)6-5-7-8(11)3-2-4-9(7)14/h2-4H,5-6H2,1H3. The number of epoxide rings is 1. The summed E-state index contributed by atoms with van der Waals surface area (Å²) < 4.78 is 23.6. The van der Waals surface area contributed by atoms with Gasteiger partial charge in [0.15, 0.2) is 5.60 Å². The second kappa shape index (κ2) is 3.21. The first kappa shape index (κ1) is 11.0. The number of carbonyl (C=O) groups is 1. The number of hydrogen-bond acceptors (Lipinski definition) is 3. The number of fused-ring (bicyclic) bond motifs is 2. The summed E-state index contributed by atoms with van der Waals surface area (Å²) in [5, 5.41) is -1.49. The SMILES string of the molecule is COC(=O)C1(Cl)OC12CCc1c(F)cccc12. The van der Waals surface area contributed by atoms with Gasteiger partial charge in [-0.05, 0) is 30.0 Å². The highest BCUT2D eigenvalue weighted by molar-refractivity contribution is 6.36. The van der Waals surface area contributed by atoms with Crippen LogP contribution in [0.1, 0.15) is 17.5 Å². The number of alkyl halides is 1. The highest BCUT2D eigenvalue weighted by atomic mass is 35.5. The second-order valence-electron chi connectivity index (χ2n) is 4.28. The van der Waals surface area contributed by atoms with Gasteiger partial charge in [-0.25, -0.2) is 9.18 Å². The lowest BCUT2D eigenvalue weighted by Crippen LogP contribution is -2.27. The first-order valence-electron chi connectivity index (χ1n) is 5.30. The smallest absolute Gasteiger partial charge is 0.357 e. The average Bonchev–Trinajstić information content (AvgIpc) is 2.75. The molecule has 0 radical (unpaired) electrons. The van der Waals surface area contributed by atoms with Gasteiger partial charge >= 0.3 is 5.97 Å². The van der Waals surface area contributed by atoms with Crippen LogP contribution in [0.3, 0.4) is 0 Å². The number of carbonyl (C=O) groups excluding carboxylic acids is 1. The number of ether oxygens (including phenoxy) is 2. The van der Waals surface area contributed by atoms with Crippen LogP contribution in [0.25, 0.3) is 0 Å². The third kappa shape index (κ3) is 1.17. The third-order valence-electron chi connectivity index (χ3n) is 3.52. The summed E-state index contributed by atoms with van der Waals surface area (Å²) in [6.07, 6.45) is 1.02. The monoisotopic (exact) mass is 256 g/mol. The molecule has 0 saturated carbocycles. The highest BCUT2D eigenvalue weighted by Crippen LogP contribution is 2.65. The van der Waals surface area contributed by atoms with Crippen LogP contribution in [0, 0.1) is 5.82 Å². The van der Waals surface area contributed by atoms with E-state index < -0.39 is 16.6 Å². The Morgan fingerprint density at radius 1 is 1.59 bits per heavy atom. The van der Waals surface area contributed by atoms with Crippen molar-refractivity contribution in [3.05, 3.63) is 35.1 Å². The fourth-order valence-corrected chi connectivity index (χ4v) is 3.02. The van der Waals surface area contributed by atoms with Gasteiger partial charge in [-0.3, -0.25) is 0 Å². The van der Waals surface area contributed by atoms with E-state index in [9.17, 15) is 9.18 Å². The summed E-state index contributed by atoms with van der Waals surface area (Å²) in [5.74, 6) is -0.907. The zero-order chi connectivity index (χ0) is 12.3. The molecule has 1 aromatic rings. The van der Waals surface area contributed by atoms with Crippen LogP contribution in [-0.2, 0) is 26.3 Å². The van der Waals surface area contributed by atoms with Gasteiger partial charge in [0.2, 0.25) is 0 Å². The summed E-state index contributed by atoms with van der Waals surface area (Å²) in [6.45, 7) is 0. The molecular formula is C12H10ClFO3. The summed E-state index contributed by atoms with van der Waals surface area (Å²) in [5.41, 5.74) is 0.343. The molecule has 5 heteroatoms. The van der Waals surface area contributed by atoms with Crippen molar-refractivity contribution in [1.82, 2.24) is 0 Å². The lowest BCUT2D eigenvalue weighted by molar-refractivity contribution is -0.143. The quantitative estimate of drug-likeness (QED) is 0.439. The zero-order valence-electron chi connectivity index (χ0n) is 9.13. The predicted octanol–water partition coefficient (Wildman–Crippen LogP) is 2.11. The van der Waals surface area contributed by atoms with E-state index in [-0.39, 0.29) is 5.82 Å². The van der Waals surface area contributed by atoms with E-state index in [0.29, 0.717) is 24.0 Å². The van der Waals surface area contributed by atoms with Crippen molar-refractivity contribution in [2.75, 3.05) is 7.11 Å². The molecule has 1 heterocycles. The van der Waals surface area contributed by atoms with E-state index in [2.05, 4.69) is 4.74 Å². The molecule has 1 spiro atoms. The maximum atomic E-state index is 13.6. The van der Waals surface area contributed by atoms with Gasteiger partial charge in [-0.1, -0.05) is 23.7 Å². The Bertz CT molecular complexity index is 518. The fraction of sp³-hybridized carbons (Fsp3) is 0.417. The van der Waals surface area contributed by atoms with Gasteiger partial charge in [0, 0.05) is 0 Å². The van der Waals surface area contributed by atoms with Gasteiger partial charge in [-0.2, -0.15) is 0 Å². The molecule has 2 aliphatic rings. The molecule has 1 aliphatic carbocycles. The van der Waals surface area contributed by atoms with E-state index in [4.69, 9.17) is 16.3 Å². The van der Waals surface area contributed by atoms with Crippen LogP contribution in [0.2, 0.25) is 0 Å². The van der Waals surface area contributed by atoms with Crippen molar-refractivity contribution in [3.63, 3.8) is 0 Å². The minimum Gasteiger partial charge on any atom is -0.466 e. The number of halogens is 2. The summed E-state index contributed by atoms with van der Waals surface area (Å²) in [7, 11) is 1.25. The van der Waals surface area contributed by atoms with Crippen LogP contribution >= 0.6 is 11.6 Å². The molecule has 0 N–H and O–H groups in total. The Morgan fingerprint density at radius 2 is 2.35 bits per heavy atom. The fourth-order valence-electron chi connectivity index (χ4n) is 2.62. The van der Waals surface area contributed by atoms with E-state index in [0.717, 1.165) is 0 Å². The molecule has 1 aromatic carbocycles. The van der Waals surface area contributed by atoms with Crippen molar-refractivity contribution in [3.8, 4) is 0 Å². The molecule has 0 amide bonds. The second-order valence-corrected chi connectivity index (χ2v) is 4.81. The Hall–Kier alpha value is -1.13. The van der Waals surface area contributed by atoms with Crippen molar-refractivity contribution >= 4 is 17.6 Å². The van der Waals surface area contributed by atoms with E-state index in [1.54, 1.807) is 12.1 Å². The molecule has 17 heavy (non-hydrogen) atoms. The molecule has 1 saturated heterocycles. The summed E-state index contributed by atoms with van der Waals surface area (Å²) >= 11 is 6.12. The molecule has 1 fully saturated rings. The van der Waals surface area contributed by atoms with Crippen molar-refractivity contribution in [2.45, 2.75) is 23.5 Å². The number of rotatable bonds is 1. The molecule has 2 atom stereocenters. The first-order chi connectivity index (χ1) is 8.05. The molecule has 2 unspecified atom stereocenters. The molecule has 90 valence electrons. The van der Waals surface area contributed by atoms with Gasteiger partial charge in [0.1, 0.15) is 5.82 Å². The van der Waals surface area contributed by atoms with Crippen molar-refractivity contribution in [1.29, 1.82) is 0 Å². The maximum absolute atomic E-state index is 13.6. The van der Waals surface area contributed by atoms with Crippen LogP contribution < -0.4 is 0 Å². The first-order valence-corrected chi connectivity index (χ1v) is 5.68. The zero-order valence-corrected chi connectivity index (χ0v) is 9.88. The average molecular weight is 257 g/mol. The van der Waals surface area contributed by atoms with E-state index in [1.165, 1.54) is 13.2 Å². The van der Waals surface area contributed by atoms with Crippen molar-refractivity contribution in [2.24, 2.45) is 0 Å². The largest absolute Gasteiger partial charge is 0.466 e. The Labute approximate surface area is 102 Å². The molecule has 1 aliphatic heterocycles. The number of esters is 1. The highest BCUT2D eigenvalue weighted by Gasteiger charge is 2.77. The molecule has 0 bridgehead atoms. The minimum absolute atomic E-state index is 0.279. The minimum atomic E-state index is -1.49. The number of benzene rings is 1. The van der Waals surface area contributed by atoms with Crippen LogP contribution in [0.5, 0.6) is 0 Å². The maximum Gasteiger partial charge on any atom is 0.357 e. The predicted molar refractivity (Wildman–Crippen MR) is 58.1 cm³/mol. The molecule has 0 aromatic heterocycles. The summed E-state index contributed by atoms with van der Waals surface area (Å²) in [6, 6.07) is 4.74. The summed E-state index contributed by atoms with van der Waals surface area (Å²) in [4.78, 5) is 11.6. The number of methoxy groups -OCH3 is 1. The Morgan fingerprint density at radius 3 is 3.06 bits per heavy atom. The van der Waals surface area contributed by atoms with Crippen LogP contribution in [0.4, 0.5) is 4.39 Å².